The van der Waals surface area contributed by atoms with Gasteiger partial charge in [0.2, 0.25) is 0 Å². The number of carbonyl (C=O) groups excluding carboxylic acids is 1. The highest BCUT2D eigenvalue weighted by Gasteiger charge is 2.16. The van der Waals surface area contributed by atoms with Crippen LogP contribution in [0.4, 0.5) is 17.1 Å². The summed E-state index contributed by atoms with van der Waals surface area (Å²) in [4.78, 5) is 22.8. The minimum absolute atomic E-state index is 0.177. The molecule has 2 aromatic rings. The molecule has 0 radical (unpaired) electrons. The lowest BCUT2D eigenvalue weighted by atomic mass is 10.2. The Hall–Kier alpha value is -3.95. The number of ether oxygens (including phenoxy) is 2. The number of aliphatic hydroxyl groups is 1. The molecule has 2 aromatic carbocycles. The van der Waals surface area contributed by atoms with Crippen molar-refractivity contribution in [3.63, 3.8) is 0 Å². The van der Waals surface area contributed by atoms with E-state index in [2.05, 4.69) is 15.5 Å². The molecule has 0 atom stereocenters. The van der Waals surface area contributed by atoms with Crippen molar-refractivity contribution in [2.75, 3.05) is 19.0 Å². The van der Waals surface area contributed by atoms with Gasteiger partial charge in [-0.1, -0.05) is 13.0 Å². The number of allylic oxidation sites excluding steroid dienone is 1. The number of non-ortho nitro benzene ring substituents is 1. The van der Waals surface area contributed by atoms with Crippen molar-refractivity contribution in [1.29, 1.82) is 0 Å². The maximum absolute atomic E-state index is 12.5. The number of aliphatic hydroxyl groups excluding tert-OH is 1. The highest BCUT2D eigenvalue weighted by molar-refractivity contribution is 6.03. The van der Waals surface area contributed by atoms with Gasteiger partial charge in [-0.25, -0.2) is 0 Å². The summed E-state index contributed by atoms with van der Waals surface area (Å²) in [6, 6.07) is 10.3. The number of nitro groups is 1. The number of azo groups is 1. The van der Waals surface area contributed by atoms with Gasteiger partial charge < -0.3 is 19.9 Å². The summed E-state index contributed by atoms with van der Waals surface area (Å²) in [6.07, 6.45) is 0.787. The molecule has 0 aliphatic carbocycles. The first-order valence-corrected chi connectivity index (χ1v) is 9.04. The van der Waals surface area contributed by atoms with Gasteiger partial charge in [0, 0.05) is 23.9 Å². The number of nitrogens with zero attached hydrogens (tertiary/aromatic N) is 3. The summed E-state index contributed by atoms with van der Waals surface area (Å²) < 4.78 is 10.8. The van der Waals surface area contributed by atoms with Crippen LogP contribution in [0.1, 0.15) is 20.3 Å². The molecule has 0 bridgehead atoms. The number of anilines is 1. The van der Waals surface area contributed by atoms with Crippen LogP contribution in [0.3, 0.4) is 0 Å². The van der Waals surface area contributed by atoms with Crippen LogP contribution in [0.5, 0.6) is 11.5 Å². The molecule has 0 unspecified atom stereocenters. The van der Waals surface area contributed by atoms with Gasteiger partial charge in [-0.2, -0.15) is 0 Å². The van der Waals surface area contributed by atoms with E-state index in [4.69, 9.17) is 9.47 Å². The van der Waals surface area contributed by atoms with Gasteiger partial charge in [0.15, 0.2) is 5.70 Å². The second-order valence-electron chi connectivity index (χ2n) is 6.08. The Morgan fingerprint density at radius 2 is 2.03 bits per heavy atom. The molecule has 1 amide bonds. The molecule has 0 heterocycles. The van der Waals surface area contributed by atoms with Gasteiger partial charge in [-0.05, 0) is 31.5 Å². The van der Waals surface area contributed by atoms with Crippen LogP contribution in [0.25, 0.3) is 0 Å². The van der Waals surface area contributed by atoms with Crippen molar-refractivity contribution in [2.24, 2.45) is 10.2 Å². The maximum atomic E-state index is 12.5. The third-order valence-corrected chi connectivity index (χ3v) is 3.76. The van der Waals surface area contributed by atoms with Gasteiger partial charge in [-0.3, -0.25) is 14.9 Å². The number of rotatable bonds is 9. The quantitative estimate of drug-likeness (QED) is 0.197. The van der Waals surface area contributed by atoms with E-state index < -0.39 is 10.8 Å². The Morgan fingerprint density at radius 1 is 1.27 bits per heavy atom. The van der Waals surface area contributed by atoms with Gasteiger partial charge in [0.1, 0.15) is 22.9 Å². The molecule has 2 N–H and O–H groups in total. The molecule has 0 fully saturated rings. The molecular formula is C20H22N4O6. The highest BCUT2D eigenvalue weighted by atomic mass is 16.6. The van der Waals surface area contributed by atoms with E-state index in [-0.39, 0.29) is 22.8 Å². The topological polar surface area (TPSA) is 136 Å². The Morgan fingerprint density at radius 3 is 2.67 bits per heavy atom. The van der Waals surface area contributed by atoms with Crippen LogP contribution in [0.15, 0.2) is 64.1 Å². The van der Waals surface area contributed by atoms with Crippen LogP contribution in [-0.2, 0) is 4.79 Å². The first kappa shape index (κ1) is 22.3. The molecule has 0 saturated carbocycles. The Kier molecular flexibility index (Phi) is 7.86. The van der Waals surface area contributed by atoms with Crippen LogP contribution < -0.4 is 14.8 Å². The monoisotopic (exact) mass is 414 g/mol. The van der Waals surface area contributed by atoms with Crippen LogP contribution >= 0.6 is 0 Å². The summed E-state index contributed by atoms with van der Waals surface area (Å²) >= 11 is 0. The fourth-order valence-corrected chi connectivity index (χ4v) is 2.31. The Labute approximate surface area is 173 Å². The van der Waals surface area contributed by atoms with E-state index in [0.717, 1.165) is 6.42 Å². The van der Waals surface area contributed by atoms with E-state index in [9.17, 15) is 20.0 Å². The molecule has 0 saturated heterocycles. The first-order valence-electron chi connectivity index (χ1n) is 9.04. The predicted octanol–water partition coefficient (Wildman–Crippen LogP) is 4.90. The molecule has 0 aliphatic heterocycles. The zero-order valence-corrected chi connectivity index (χ0v) is 16.8. The molecule has 10 nitrogen and oxygen atoms in total. The van der Waals surface area contributed by atoms with Crippen LogP contribution in [0, 0.1) is 10.1 Å². The number of hydrogen-bond acceptors (Lipinski definition) is 8. The summed E-state index contributed by atoms with van der Waals surface area (Å²) in [6.45, 7) is 3.70. The Balaban J connectivity index is 2.28. The molecule has 158 valence electrons. The van der Waals surface area contributed by atoms with Crippen LogP contribution in [-0.4, -0.2) is 29.7 Å². The number of methoxy groups -OCH3 is 1. The van der Waals surface area contributed by atoms with E-state index in [1.807, 2.05) is 6.92 Å². The fraction of sp³-hybridized carbons (Fsp3) is 0.250. The minimum atomic E-state index is -0.779. The number of amides is 1. The Bertz CT molecular complexity index is 983. The average molecular weight is 414 g/mol. The number of benzene rings is 2. The van der Waals surface area contributed by atoms with E-state index in [0.29, 0.717) is 23.8 Å². The molecular weight excluding hydrogens is 392 g/mol. The minimum Gasteiger partial charge on any atom is -0.510 e. The second-order valence-corrected chi connectivity index (χ2v) is 6.08. The number of carbonyl (C=O) groups is 1. The van der Waals surface area contributed by atoms with E-state index in [1.165, 1.54) is 38.3 Å². The predicted molar refractivity (Wildman–Crippen MR) is 110 cm³/mol. The van der Waals surface area contributed by atoms with Crippen molar-refractivity contribution >= 4 is 23.0 Å². The van der Waals surface area contributed by atoms with Gasteiger partial charge in [-0.15, -0.1) is 10.2 Å². The smallest absolute Gasteiger partial charge is 0.279 e. The molecule has 0 aromatic heterocycles. The standard InChI is InChI=1S/C20H22N4O6/c1-4-10-30-18-9-8-16(29-3)12-17(18)22-23-19(13(2)25)20(26)21-14-6-5-7-15(11-14)24(27)28/h5-9,11-12,25H,4,10H2,1-3H3,(H,21,26)/b19-13-,23-22?. The van der Waals surface area contributed by atoms with E-state index in [1.54, 1.807) is 18.2 Å². The largest absolute Gasteiger partial charge is 0.510 e. The molecule has 0 spiro atoms. The molecule has 30 heavy (non-hydrogen) atoms. The summed E-state index contributed by atoms with van der Waals surface area (Å²) in [7, 11) is 1.50. The summed E-state index contributed by atoms with van der Waals surface area (Å²) in [5, 5.41) is 31.1. The van der Waals surface area contributed by atoms with Crippen molar-refractivity contribution in [2.45, 2.75) is 20.3 Å². The first-order chi connectivity index (χ1) is 14.3. The van der Waals surface area contributed by atoms with Crippen molar-refractivity contribution in [1.82, 2.24) is 0 Å². The van der Waals surface area contributed by atoms with Gasteiger partial charge in [0.25, 0.3) is 11.6 Å². The zero-order valence-electron chi connectivity index (χ0n) is 16.8. The SMILES string of the molecule is CCCOc1ccc(OC)cc1N=N/C(C(=O)Nc1cccc([N+](=O)[O-])c1)=C(/C)O. The van der Waals surface area contributed by atoms with Gasteiger partial charge in [0.05, 0.1) is 18.6 Å². The third kappa shape index (κ3) is 6.03. The van der Waals surface area contributed by atoms with E-state index >= 15 is 0 Å². The fourth-order valence-electron chi connectivity index (χ4n) is 2.31. The number of nitro benzene ring substituents is 1. The highest BCUT2D eigenvalue weighted by Crippen LogP contribution is 2.33. The lowest BCUT2D eigenvalue weighted by Crippen LogP contribution is -2.14. The number of nitrogens with one attached hydrogen (secondary N) is 1. The maximum Gasteiger partial charge on any atom is 0.279 e. The number of hydrogen-bond donors (Lipinski definition) is 2. The normalized spacial score (nSPS) is 11.7. The molecule has 2 rings (SSSR count). The summed E-state index contributed by atoms with van der Waals surface area (Å²) in [5.74, 6) is -0.200. The average Bonchev–Trinajstić information content (AvgIpc) is 2.72. The lowest BCUT2D eigenvalue weighted by Gasteiger charge is -2.09. The third-order valence-electron chi connectivity index (χ3n) is 3.76. The molecule has 0 aliphatic rings. The summed E-state index contributed by atoms with van der Waals surface area (Å²) in [5.41, 5.74) is -0.0539. The zero-order chi connectivity index (χ0) is 22.1. The molecule has 10 heteroatoms. The van der Waals surface area contributed by atoms with Crippen molar-refractivity contribution < 1.29 is 24.3 Å². The van der Waals surface area contributed by atoms with Crippen molar-refractivity contribution in [3.05, 3.63) is 64.0 Å². The van der Waals surface area contributed by atoms with Crippen LogP contribution in [0.2, 0.25) is 0 Å². The van der Waals surface area contributed by atoms with Gasteiger partial charge >= 0.3 is 0 Å². The lowest BCUT2D eigenvalue weighted by molar-refractivity contribution is -0.384. The van der Waals surface area contributed by atoms with Crippen molar-refractivity contribution in [3.8, 4) is 11.5 Å². The second kappa shape index (κ2) is 10.6.